The third-order valence-electron chi connectivity index (χ3n) is 2.81. The van der Waals surface area contributed by atoms with E-state index in [2.05, 4.69) is 10.6 Å². The van der Waals surface area contributed by atoms with Gasteiger partial charge in [0.05, 0.1) is 0 Å². The van der Waals surface area contributed by atoms with Crippen molar-refractivity contribution in [2.75, 3.05) is 26.2 Å². The average Bonchev–Trinajstić information content (AvgIpc) is 2.08. The predicted molar refractivity (Wildman–Crippen MR) is 42.0 cm³/mol. The zero-order valence-corrected chi connectivity index (χ0v) is 6.45. The summed E-state index contributed by atoms with van der Waals surface area (Å²) in [5.41, 5.74) is 0.663. The van der Waals surface area contributed by atoms with Gasteiger partial charge in [-0.2, -0.15) is 0 Å². The van der Waals surface area contributed by atoms with Crippen LogP contribution in [0.2, 0.25) is 0 Å². The second-order valence-corrected chi connectivity index (χ2v) is 3.74. The van der Waals surface area contributed by atoms with Crippen molar-refractivity contribution < 1.29 is 0 Å². The van der Waals surface area contributed by atoms with Crippen LogP contribution in [-0.2, 0) is 0 Å². The molecule has 0 aromatic rings. The Hall–Kier alpha value is -0.0800. The Morgan fingerprint density at radius 1 is 0.900 bits per heavy atom. The molecule has 2 nitrogen and oxygen atoms in total. The SMILES string of the molecule is C1CCC2(CNC1)CNC2. The minimum atomic E-state index is 0.663. The van der Waals surface area contributed by atoms with Gasteiger partial charge in [-0.1, -0.05) is 6.42 Å². The summed E-state index contributed by atoms with van der Waals surface area (Å²) in [4.78, 5) is 0. The molecule has 10 heavy (non-hydrogen) atoms. The van der Waals surface area contributed by atoms with Crippen molar-refractivity contribution in [3.8, 4) is 0 Å². The lowest BCUT2D eigenvalue weighted by molar-refractivity contribution is 0.157. The van der Waals surface area contributed by atoms with Crippen molar-refractivity contribution >= 4 is 0 Å². The number of hydrogen-bond acceptors (Lipinski definition) is 2. The average molecular weight is 140 g/mol. The third kappa shape index (κ3) is 1.06. The normalized spacial score (nSPS) is 31.2. The minimum absolute atomic E-state index is 0.663. The molecular formula is C8H16N2. The molecule has 0 bridgehead atoms. The summed E-state index contributed by atoms with van der Waals surface area (Å²) in [7, 11) is 0. The van der Waals surface area contributed by atoms with Gasteiger partial charge in [0.25, 0.3) is 0 Å². The molecule has 0 unspecified atom stereocenters. The lowest BCUT2D eigenvalue weighted by Gasteiger charge is -2.42. The summed E-state index contributed by atoms with van der Waals surface area (Å²) < 4.78 is 0. The van der Waals surface area contributed by atoms with E-state index < -0.39 is 0 Å². The Balaban J connectivity index is 1.92. The first kappa shape index (κ1) is 6.62. The summed E-state index contributed by atoms with van der Waals surface area (Å²) in [6.45, 7) is 4.99. The van der Waals surface area contributed by atoms with Gasteiger partial charge >= 0.3 is 0 Å². The molecule has 0 aromatic carbocycles. The van der Waals surface area contributed by atoms with Crippen LogP contribution in [0.5, 0.6) is 0 Å². The zero-order valence-electron chi connectivity index (χ0n) is 6.45. The summed E-state index contributed by atoms with van der Waals surface area (Å²) in [5.74, 6) is 0. The maximum absolute atomic E-state index is 3.50. The zero-order chi connectivity index (χ0) is 6.86. The van der Waals surface area contributed by atoms with E-state index in [0.717, 1.165) is 0 Å². The van der Waals surface area contributed by atoms with Crippen LogP contribution in [0.3, 0.4) is 0 Å². The van der Waals surface area contributed by atoms with E-state index in [9.17, 15) is 0 Å². The fourth-order valence-corrected chi connectivity index (χ4v) is 1.97. The second kappa shape index (κ2) is 2.51. The second-order valence-electron chi connectivity index (χ2n) is 3.74. The van der Waals surface area contributed by atoms with Crippen molar-refractivity contribution in [2.45, 2.75) is 19.3 Å². The molecule has 2 heterocycles. The van der Waals surface area contributed by atoms with Crippen LogP contribution in [0, 0.1) is 5.41 Å². The molecule has 58 valence electrons. The molecule has 0 aromatic heterocycles. The van der Waals surface area contributed by atoms with Crippen LogP contribution in [0.4, 0.5) is 0 Å². The van der Waals surface area contributed by atoms with Gasteiger partial charge in [-0.3, -0.25) is 0 Å². The Labute approximate surface area is 62.4 Å². The fourth-order valence-electron chi connectivity index (χ4n) is 1.97. The molecule has 2 fully saturated rings. The molecule has 2 heteroatoms. The molecule has 0 atom stereocenters. The van der Waals surface area contributed by atoms with Crippen LogP contribution in [0.15, 0.2) is 0 Å². The van der Waals surface area contributed by atoms with Gasteiger partial charge in [0, 0.05) is 25.0 Å². The van der Waals surface area contributed by atoms with Crippen molar-refractivity contribution in [3.05, 3.63) is 0 Å². The molecule has 2 aliphatic rings. The summed E-state index contributed by atoms with van der Waals surface area (Å²) in [5, 5.41) is 6.86. The number of nitrogens with one attached hydrogen (secondary N) is 2. The van der Waals surface area contributed by atoms with Crippen molar-refractivity contribution in [1.29, 1.82) is 0 Å². The first-order valence-electron chi connectivity index (χ1n) is 4.33. The molecule has 1 spiro atoms. The smallest absolute Gasteiger partial charge is 0.00772 e. The van der Waals surface area contributed by atoms with Gasteiger partial charge in [-0.25, -0.2) is 0 Å². The first-order valence-corrected chi connectivity index (χ1v) is 4.33. The molecule has 2 N–H and O–H groups in total. The van der Waals surface area contributed by atoms with Gasteiger partial charge < -0.3 is 10.6 Å². The van der Waals surface area contributed by atoms with E-state index in [1.165, 1.54) is 45.4 Å². The first-order chi connectivity index (χ1) is 4.91. The molecule has 2 saturated heterocycles. The Morgan fingerprint density at radius 3 is 2.40 bits per heavy atom. The van der Waals surface area contributed by atoms with Crippen molar-refractivity contribution in [2.24, 2.45) is 5.41 Å². The largest absolute Gasteiger partial charge is 0.316 e. The topological polar surface area (TPSA) is 24.1 Å². The van der Waals surface area contributed by atoms with Gasteiger partial charge in [0.1, 0.15) is 0 Å². The Kier molecular flexibility index (Phi) is 1.66. The van der Waals surface area contributed by atoms with E-state index in [1.54, 1.807) is 0 Å². The quantitative estimate of drug-likeness (QED) is 0.507. The van der Waals surface area contributed by atoms with Crippen molar-refractivity contribution in [3.63, 3.8) is 0 Å². The highest BCUT2D eigenvalue weighted by Gasteiger charge is 2.36. The standard InChI is InChI=1S/C8H16N2/c1-2-4-9-5-8(3-1)6-10-7-8/h9-10H,1-7H2. The maximum Gasteiger partial charge on any atom is 0.00772 e. The molecule has 2 aliphatic heterocycles. The van der Waals surface area contributed by atoms with Crippen molar-refractivity contribution in [1.82, 2.24) is 10.6 Å². The Morgan fingerprint density at radius 2 is 1.70 bits per heavy atom. The maximum atomic E-state index is 3.50. The number of hydrogen-bond donors (Lipinski definition) is 2. The highest BCUT2D eigenvalue weighted by molar-refractivity contribution is 4.94. The van der Waals surface area contributed by atoms with E-state index in [1.807, 2.05) is 0 Å². The lowest BCUT2D eigenvalue weighted by atomic mass is 9.78. The highest BCUT2D eigenvalue weighted by atomic mass is 15.0. The molecule has 2 rings (SSSR count). The lowest BCUT2D eigenvalue weighted by Crippen LogP contribution is -2.57. The van der Waals surface area contributed by atoms with Crippen LogP contribution in [0.25, 0.3) is 0 Å². The molecule has 0 aliphatic carbocycles. The molecule has 0 amide bonds. The predicted octanol–water partition coefficient (Wildman–Crippen LogP) is 0.349. The van der Waals surface area contributed by atoms with Crippen LogP contribution >= 0.6 is 0 Å². The van der Waals surface area contributed by atoms with E-state index in [-0.39, 0.29) is 0 Å². The van der Waals surface area contributed by atoms with Gasteiger partial charge in [-0.15, -0.1) is 0 Å². The Bertz CT molecular complexity index is 108. The van der Waals surface area contributed by atoms with Gasteiger partial charge in [-0.05, 0) is 19.4 Å². The van der Waals surface area contributed by atoms with Gasteiger partial charge in [0.15, 0.2) is 0 Å². The third-order valence-corrected chi connectivity index (χ3v) is 2.81. The van der Waals surface area contributed by atoms with E-state index >= 15 is 0 Å². The highest BCUT2D eigenvalue weighted by Crippen LogP contribution is 2.29. The molecule has 0 saturated carbocycles. The van der Waals surface area contributed by atoms with Crippen LogP contribution < -0.4 is 10.6 Å². The minimum Gasteiger partial charge on any atom is -0.316 e. The van der Waals surface area contributed by atoms with Gasteiger partial charge in [0.2, 0.25) is 0 Å². The summed E-state index contributed by atoms with van der Waals surface area (Å²) in [6, 6.07) is 0. The summed E-state index contributed by atoms with van der Waals surface area (Å²) in [6.07, 6.45) is 4.24. The van der Waals surface area contributed by atoms with E-state index in [0.29, 0.717) is 5.41 Å². The monoisotopic (exact) mass is 140 g/mol. The van der Waals surface area contributed by atoms with E-state index in [4.69, 9.17) is 0 Å². The summed E-state index contributed by atoms with van der Waals surface area (Å²) >= 11 is 0. The number of rotatable bonds is 0. The molecule has 0 radical (unpaired) electrons. The fraction of sp³-hybridized carbons (Fsp3) is 1.00. The van der Waals surface area contributed by atoms with Crippen LogP contribution in [-0.4, -0.2) is 26.2 Å². The molecular weight excluding hydrogens is 124 g/mol. The van der Waals surface area contributed by atoms with Crippen LogP contribution in [0.1, 0.15) is 19.3 Å².